The second-order valence-corrected chi connectivity index (χ2v) is 4.83. The SMILES string of the molecule is NCC(c1ccc(Cl)cc1)N1CC(O)C(O)C1. The van der Waals surface area contributed by atoms with E-state index in [1.807, 2.05) is 29.2 Å². The fourth-order valence-corrected chi connectivity index (χ4v) is 2.36. The number of hydrogen-bond acceptors (Lipinski definition) is 4. The summed E-state index contributed by atoms with van der Waals surface area (Å²) < 4.78 is 0. The summed E-state index contributed by atoms with van der Waals surface area (Å²) in [7, 11) is 0. The van der Waals surface area contributed by atoms with Crippen LogP contribution in [0.15, 0.2) is 24.3 Å². The van der Waals surface area contributed by atoms with Crippen LogP contribution >= 0.6 is 11.6 Å². The number of rotatable bonds is 3. The van der Waals surface area contributed by atoms with E-state index in [0.29, 0.717) is 24.7 Å². The van der Waals surface area contributed by atoms with E-state index in [1.54, 1.807) is 0 Å². The first kappa shape index (κ1) is 12.8. The van der Waals surface area contributed by atoms with Gasteiger partial charge in [0.15, 0.2) is 0 Å². The molecule has 5 heteroatoms. The standard InChI is InChI=1S/C12H17ClN2O2/c13-9-3-1-8(2-4-9)10(5-14)15-6-11(16)12(17)7-15/h1-4,10-12,16-17H,5-7,14H2. The molecule has 1 aliphatic rings. The molecule has 1 heterocycles. The molecule has 1 saturated heterocycles. The van der Waals surface area contributed by atoms with Crippen LogP contribution in [0.5, 0.6) is 0 Å². The summed E-state index contributed by atoms with van der Waals surface area (Å²) in [6.07, 6.45) is -1.37. The highest BCUT2D eigenvalue weighted by Gasteiger charge is 2.33. The van der Waals surface area contributed by atoms with Gasteiger partial charge in [0, 0.05) is 30.7 Å². The molecule has 94 valence electrons. The summed E-state index contributed by atoms with van der Waals surface area (Å²) in [5.74, 6) is 0. The summed E-state index contributed by atoms with van der Waals surface area (Å²) in [5, 5.41) is 19.8. The lowest BCUT2D eigenvalue weighted by molar-refractivity contribution is 0.0572. The number of nitrogens with two attached hydrogens (primary N) is 1. The monoisotopic (exact) mass is 256 g/mol. The van der Waals surface area contributed by atoms with E-state index in [1.165, 1.54) is 0 Å². The lowest BCUT2D eigenvalue weighted by atomic mass is 10.1. The Morgan fingerprint density at radius 2 is 1.76 bits per heavy atom. The second kappa shape index (κ2) is 5.33. The minimum atomic E-state index is -0.684. The van der Waals surface area contributed by atoms with Crippen LogP contribution in [0.3, 0.4) is 0 Å². The molecule has 0 spiro atoms. The van der Waals surface area contributed by atoms with Crippen molar-refractivity contribution < 1.29 is 10.2 Å². The fraction of sp³-hybridized carbons (Fsp3) is 0.500. The average molecular weight is 257 g/mol. The summed E-state index contributed by atoms with van der Waals surface area (Å²) >= 11 is 5.84. The van der Waals surface area contributed by atoms with Gasteiger partial charge in [0.25, 0.3) is 0 Å². The van der Waals surface area contributed by atoms with Gasteiger partial charge in [0.05, 0.1) is 12.2 Å². The second-order valence-electron chi connectivity index (χ2n) is 4.39. The highest BCUT2D eigenvalue weighted by Crippen LogP contribution is 2.25. The van der Waals surface area contributed by atoms with Crippen molar-refractivity contribution in [3.8, 4) is 0 Å². The van der Waals surface area contributed by atoms with Gasteiger partial charge in [-0.15, -0.1) is 0 Å². The molecule has 1 fully saturated rings. The van der Waals surface area contributed by atoms with E-state index >= 15 is 0 Å². The van der Waals surface area contributed by atoms with Crippen molar-refractivity contribution >= 4 is 11.6 Å². The van der Waals surface area contributed by atoms with Crippen LogP contribution in [0.2, 0.25) is 5.02 Å². The van der Waals surface area contributed by atoms with Crippen LogP contribution in [0.1, 0.15) is 11.6 Å². The lowest BCUT2D eigenvalue weighted by Crippen LogP contribution is -2.32. The van der Waals surface area contributed by atoms with Gasteiger partial charge in [0.1, 0.15) is 0 Å². The van der Waals surface area contributed by atoms with E-state index in [9.17, 15) is 10.2 Å². The van der Waals surface area contributed by atoms with Crippen LogP contribution in [0, 0.1) is 0 Å². The number of benzene rings is 1. The van der Waals surface area contributed by atoms with Crippen LogP contribution in [-0.4, -0.2) is 47.0 Å². The maximum Gasteiger partial charge on any atom is 0.0938 e. The molecule has 0 saturated carbocycles. The topological polar surface area (TPSA) is 69.7 Å². The van der Waals surface area contributed by atoms with Gasteiger partial charge in [-0.3, -0.25) is 4.90 Å². The van der Waals surface area contributed by atoms with Crippen molar-refractivity contribution in [2.45, 2.75) is 18.2 Å². The van der Waals surface area contributed by atoms with Crippen molar-refractivity contribution in [1.29, 1.82) is 0 Å². The minimum absolute atomic E-state index is 0.0130. The van der Waals surface area contributed by atoms with Crippen molar-refractivity contribution in [3.63, 3.8) is 0 Å². The molecule has 0 aliphatic carbocycles. The average Bonchev–Trinajstić information content (AvgIpc) is 2.63. The number of aliphatic hydroxyl groups excluding tert-OH is 2. The predicted octanol–water partition coefficient (Wildman–Crippen LogP) is 0.377. The van der Waals surface area contributed by atoms with Crippen molar-refractivity contribution in [2.75, 3.05) is 19.6 Å². The molecule has 4 N–H and O–H groups in total. The van der Waals surface area contributed by atoms with Crippen LogP contribution in [0.4, 0.5) is 0 Å². The molecule has 0 bridgehead atoms. The van der Waals surface area contributed by atoms with Gasteiger partial charge in [-0.05, 0) is 17.7 Å². The Balaban J connectivity index is 2.14. The molecule has 0 aromatic heterocycles. The first-order valence-corrected chi connectivity index (χ1v) is 6.05. The molecule has 3 atom stereocenters. The summed E-state index contributed by atoms with van der Waals surface area (Å²) in [6.45, 7) is 1.35. The quantitative estimate of drug-likeness (QED) is 0.731. The zero-order valence-electron chi connectivity index (χ0n) is 9.46. The zero-order valence-corrected chi connectivity index (χ0v) is 10.2. The number of β-amino-alcohol motifs (C(OH)–C–C–N with tert-alkyl or cyclic N) is 2. The van der Waals surface area contributed by atoms with Crippen molar-refractivity contribution in [1.82, 2.24) is 4.90 Å². The molecule has 2 rings (SSSR count). The van der Waals surface area contributed by atoms with Gasteiger partial charge in [-0.25, -0.2) is 0 Å². The summed E-state index contributed by atoms with van der Waals surface area (Å²) in [4.78, 5) is 2.00. The normalized spacial score (nSPS) is 27.3. The number of aliphatic hydroxyl groups is 2. The number of nitrogens with zero attached hydrogens (tertiary/aromatic N) is 1. The Bertz CT molecular complexity index is 361. The minimum Gasteiger partial charge on any atom is -0.389 e. The number of halogens is 1. The highest BCUT2D eigenvalue weighted by molar-refractivity contribution is 6.30. The maximum absolute atomic E-state index is 9.55. The molecular formula is C12H17ClN2O2. The molecule has 1 aromatic rings. The van der Waals surface area contributed by atoms with Gasteiger partial charge in [-0.1, -0.05) is 23.7 Å². The summed E-state index contributed by atoms with van der Waals surface area (Å²) in [5.41, 5.74) is 6.83. The Morgan fingerprint density at radius 3 is 2.24 bits per heavy atom. The molecule has 3 unspecified atom stereocenters. The Kier molecular flexibility index (Phi) is 4.01. The Labute approximate surface area is 106 Å². The Hall–Kier alpha value is -0.650. The smallest absolute Gasteiger partial charge is 0.0938 e. The van der Waals surface area contributed by atoms with Gasteiger partial charge >= 0.3 is 0 Å². The van der Waals surface area contributed by atoms with Gasteiger partial charge in [-0.2, -0.15) is 0 Å². The van der Waals surface area contributed by atoms with E-state index in [0.717, 1.165) is 5.56 Å². The van der Waals surface area contributed by atoms with Crippen molar-refractivity contribution in [3.05, 3.63) is 34.9 Å². The third kappa shape index (κ3) is 2.78. The third-order valence-corrected chi connectivity index (χ3v) is 3.46. The van der Waals surface area contributed by atoms with Crippen molar-refractivity contribution in [2.24, 2.45) is 5.73 Å². The molecule has 1 aliphatic heterocycles. The third-order valence-electron chi connectivity index (χ3n) is 3.21. The number of hydrogen-bond donors (Lipinski definition) is 3. The van der Waals surface area contributed by atoms with E-state index in [2.05, 4.69) is 0 Å². The molecule has 0 radical (unpaired) electrons. The van der Waals surface area contributed by atoms with Crippen LogP contribution < -0.4 is 5.73 Å². The molecule has 1 aromatic carbocycles. The lowest BCUT2D eigenvalue weighted by Gasteiger charge is -2.26. The van der Waals surface area contributed by atoms with Crippen LogP contribution in [-0.2, 0) is 0 Å². The summed E-state index contributed by atoms with van der Waals surface area (Å²) in [6, 6.07) is 7.51. The van der Waals surface area contributed by atoms with E-state index < -0.39 is 12.2 Å². The van der Waals surface area contributed by atoms with E-state index in [-0.39, 0.29) is 6.04 Å². The first-order valence-electron chi connectivity index (χ1n) is 5.67. The highest BCUT2D eigenvalue weighted by atomic mass is 35.5. The predicted molar refractivity (Wildman–Crippen MR) is 66.8 cm³/mol. The maximum atomic E-state index is 9.55. The molecule has 0 amide bonds. The Morgan fingerprint density at radius 1 is 1.24 bits per heavy atom. The zero-order chi connectivity index (χ0) is 12.4. The van der Waals surface area contributed by atoms with E-state index in [4.69, 9.17) is 17.3 Å². The molecular weight excluding hydrogens is 240 g/mol. The largest absolute Gasteiger partial charge is 0.389 e. The van der Waals surface area contributed by atoms with Crippen LogP contribution in [0.25, 0.3) is 0 Å². The van der Waals surface area contributed by atoms with Gasteiger partial charge < -0.3 is 15.9 Å². The molecule has 4 nitrogen and oxygen atoms in total. The number of likely N-dealkylation sites (tertiary alicyclic amines) is 1. The van der Waals surface area contributed by atoms with Gasteiger partial charge in [0.2, 0.25) is 0 Å². The molecule has 17 heavy (non-hydrogen) atoms. The fourth-order valence-electron chi connectivity index (χ4n) is 2.23. The first-order chi connectivity index (χ1) is 8.11.